The van der Waals surface area contributed by atoms with Crippen LogP contribution < -0.4 is 15.4 Å². The molecule has 2 atom stereocenters. The Labute approximate surface area is 123 Å². The number of aliphatic carboxylic acids is 1. The van der Waals surface area contributed by atoms with Crippen molar-refractivity contribution in [3.8, 4) is 5.75 Å². The average molecular weight is 292 g/mol. The molecule has 2 amide bonds. The molecule has 2 rings (SSSR count). The van der Waals surface area contributed by atoms with E-state index in [0.717, 1.165) is 24.2 Å². The summed E-state index contributed by atoms with van der Waals surface area (Å²) < 4.78 is 5.47. The maximum Gasteiger partial charge on any atom is 0.326 e. The lowest BCUT2D eigenvalue weighted by atomic mass is 10.1. The standard InChI is InChI=1S/C15H20N2O4/c1-2-3-7-11(14(18)19)16-15(20)17-12-9-21-13-8-5-4-6-10(12)13/h4-6,8,11-12H,2-3,7,9H2,1H3,(H,18,19)(H2,16,17,20). The van der Waals surface area contributed by atoms with Crippen LogP contribution in [0, 0.1) is 0 Å². The maximum absolute atomic E-state index is 11.9. The lowest BCUT2D eigenvalue weighted by molar-refractivity contribution is -0.139. The van der Waals surface area contributed by atoms with E-state index in [9.17, 15) is 9.59 Å². The summed E-state index contributed by atoms with van der Waals surface area (Å²) in [5.41, 5.74) is 0.910. The zero-order valence-corrected chi connectivity index (χ0v) is 12.0. The maximum atomic E-state index is 11.9. The molecule has 0 fully saturated rings. The molecule has 0 radical (unpaired) electrons. The zero-order valence-electron chi connectivity index (χ0n) is 12.0. The van der Waals surface area contributed by atoms with Gasteiger partial charge in [0.15, 0.2) is 0 Å². The van der Waals surface area contributed by atoms with Gasteiger partial charge in [0.25, 0.3) is 0 Å². The topological polar surface area (TPSA) is 87.7 Å². The van der Waals surface area contributed by atoms with Gasteiger partial charge in [-0.05, 0) is 12.5 Å². The lowest BCUT2D eigenvalue weighted by Gasteiger charge is -2.17. The fourth-order valence-corrected chi connectivity index (χ4v) is 2.31. The first kappa shape index (κ1) is 15.2. The van der Waals surface area contributed by atoms with Crippen LogP contribution in [0.5, 0.6) is 5.75 Å². The monoisotopic (exact) mass is 292 g/mol. The molecule has 0 aromatic heterocycles. The largest absolute Gasteiger partial charge is 0.491 e. The molecule has 21 heavy (non-hydrogen) atoms. The highest BCUT2D eigenvalue weighted by molar-refractivity contribution is 5.82. The minimum Gasteiger partial charge on any atom is -0.491 e. The summed E-state index contributed by atoms with van der Waals surface area (Å²) in [5.74, 6) is -0.259. The Morgan fingerprint density at radius 3 is 2.90 bits per heavy atom. The molecule has 1 aromatic carbocycles. The van der Waals surface area contributed by atoms with Gasteiger partial charge in [0.05, 0.1) is 6.04 Å². The van der Waals surface area contributed by atoms with E-state index in [-0.39, 0.29) is 6.04 Å². The number of fused-ring (bicyclic) bond motifs is 1. The van der Waals surface area contributed by atoms with Crippen molar-refractivity contribution in [2.45, 2.75) is 38.3 Å². The Kier molecular flexibility index (Phi) is 5.03. The zero-order chi connectivity index (χ0) is 15.2. The van der Waals surface area contributed by atoms with E-state index in [2.05, 4.69) is 10.6 Å². The molecule has 114 valence electrons. The summed E-state index contributed by atoms with van der Waals surface area (Å²) in [6, 6.07) is 5.89. The van der Waals surface area contributed by atoms with Crippen LogP contribution in [-0.4, -0.2) is 29.8 Å². The fraction of sp³-hybridized carbons (Fsp3) is 0.467. The van der Waals surface area contributed by atoms with Crippen LogP contribution in [0.2, 0.25) is 0 Å². The number of nitrogens with one attached hydrogen (secondary N) is 2. The van der Waals surface area contributed by atoms with E-state index in [1.54, 1.807) is 0 Å². The van der Waals surface area contributed by atoms with Gasteiger partial charge < -0.3 is 20.5 Å². The van der Waals surface area contributed by atoms with Crippen molar-refractivity contribution in [2.75, 3.05) is 6.61 Å². The first-order chi connectivity index (χ1) is 10.1. The van der Waals surface area contributed by atoms with Gasteiger partial charge in [-0.2, -0.15) is 0 Å². The van der Waals surface area contributed by atoms with E-state index in [1.165, 1.54) is 0 Å². The lowest BCUT2D eigenvalue weighted by Crippen LogP contribution is -2.47. The summed E-state index contributed by atoms with van der Waals surface area (Å²) in [6.07, 6.45) is 2.07. The minimum absolute atomic E-state index is 0.248. The predicted molar refractivity (Wildman–Crippen MR) is 77.3 cm³/mol. The van der Waals surface area contributed by atoms with Gasteiger partial charge in [0.2, 0.25) is 0 Å². The first-order valence-corrected chi connectivity index (χ1v) is 7.13. The Morgan fingerprint density at radius 1 is 1.43 bits per heavy atom. The van der Waals surface area contributed by atoms with E-state index in [4.69, 9.17) is 9.84 Å². The van der Waals surface area contributed by atoms with Crippen LogP contribution in [0.4, 0.5) is 4.79 Å². The number of ether oxygens (including phenoxy) is 1. The van der Waals surface area contributed by atoms with Gasteiger partial charge in [0.1, 0.15) is 18.4 Å². The van der Waals surface area contributed by atoms with Gasteiger partial charge in [-0.15, -0.1) is 0 Å². The number of carbonyl (C=O) groups excluding carboxylic acids is 1. The highest BCUT2D eigenvalue weighted by Crippen LogP contribution is 2.31. The van der Waals surface area contributed by atoms with Crippen molar-refractivity contribution in [2.24, 2.45) is 0 Å². The van der Waals surface area contributed by atoms with Crippen molar-refractivity contribution >= 4 is 12.0 Å². The summed E-state index contributed by atoms with van der Waals surface area (Å²) >= 11 is 0. The molecule has 6 nitrogen and oxygen atoms in total. The SMILES string of the molecule is CCCCC(NC(=O)NC1COc2ccccc21)C(=O)O. The van der Waals surface area contributed by atoms with Crippen molar-refractivity contribution < 1.29 is 19.4 Å². The van der Waals surface area contributed by atoms with E-state index in [0.29, 0.717) is 13.0 Å². The molecule has 0 bridgehead atoms. The number of carboxylic acids is 1. The van der Waals surface area contributed by atoms with Gasteiger partial charge in [-0.3, -0.25) is 0 Å². The van der Waals surface area contributed by atoms with Crippen molar-refractivity contribution in [1.29, 1.82) is 0 Å². The van der Waals surface area contributed by atoms with Gasteiger partial charge in [-0.1, -0.05) is 38.0 Å². The number of amides is 2. The number of rotatable bonds is 6. The molecule has 1 aromatic rings. The summed E-state index contributed by atoms with van der Waals surface area (Å²) in [4.78, 5) is 23.1. The molecule has 0 saturated carbocycles. The number of hydrogen-bond acceptors (Lipinski definition) is 3. The average Bonchev–Trinajstić information content (AvgIpc) is 2.86. The van der Waals surface area contributed by atoms with E-state index >= 15 is 0 Å². The van der Waals surface area contributed by atoms with Crippen molar-refractivity contribution in [3.05, 3.63) is 29.8 Å². The van der Waals surface area contributed by atoms with Gasteiger partial charge >= 0.3 is 12.0 Å². The van der Waals surface area contributed by atoms with Crippen molar-refractivity contribution in [3.63, 3.8) is 0 Å². The molecule has 1 aliphatic heterocycles. The highest BCUT2D eigenvalue weighted by atomic mass is 16.5. The van der Waals surface area contributed by atoms with Crippen LogP contribution in [0.25, 0.3) is 0 Å². The second-order valence-electron chi connectivity index (χ2n) is 5.05. The van der Waals surface area contributed by atoms with Crippen LogP contribution in [-0.2, 0) is 4.79 Å². The number of unbranched alkanes of at least 4 members (excludes halogenated alkanes) is 1. The predicted octanol–water partition coefficient (Wildman–Crippen LogP) is 2.06. The first-order valence-electron chi connectivity index (χ1n) is 7.13. The van der Waals surface area contributed by atoms with Crippen LogP contribution in [0.3, 0.4) is 0 Å². The Morgan fingerprint density at radius 2 is 2.19 bits per heavy atom. The molecule has 0 saturated heterocycles. The number of carbonyl (C=O) groups is 2. The number of carboxylic acid groups (broad SMARTS) is 1. The van der Waals surface area contributed by atoms with Gasteiger partial charge in [0, 0.05) is 5.56 Å². The fourth-order valence-electron chi connectivity index (χ4n) is 2.31. The molecular formula is C15H20N2O4. The number of benzene rings is 1. The minimum atomic E-state index is -1.01. The van der Waals surface area contributed by atoms with Gasteiger partial charge in [-0.25, -0.2) is 9.59 Å². The molecule has 2 unspecified atom stereocenters. The van der Waals surface area contributed by atoms with Crippen LogP contribution in [0.1, 0.15) is 37.8 Å². The molecule has 0 spiro atoms. The molecule has 1 heterocycles. The number of urea groups is 1. The third-order valence-electron chi connectivity index (χ3n) is 3.46. The molecule has 3 N–H and O–H groups in total. The van der Waals surface area contributed by atoms with Crippen molar-refractivity contribution in [1.82, 2.24) is 10.6 Å². The normalized spacial score (nSPS) is 17.5. The molecular weight excluding hydrogens is 272 g/mol. The molecule has 0 aliphatic carbocycles. The van der Waals surface area contributed by atoms with E-state index in [1.807, 2.05) is 31.2 Å². The quantitative estimate of drug-likeness (QED) is 0.749. The second-order valence-corrected chi connectivity index (χ2v) is 5.05. The van der Waals surface area contributed by atoms with Crippen LogP contribution >= 0.6 is 0 Å². The Bertz CT molecular complexity index is 518. The smallest absolute Gasteiger partial charge is 0.326 e. The number of para-hydroxylation sites is 1. The second kappa shape index (κ2) is 6.97. The van der Waals surface area contributed by atoms with Crippen LogP contribution in [0.15, 0.2) is 24.3 Å². The summed E-state index contributed by atoms with van der Waals surface area (Å²) in [6.45, 7) is 2.34. The van der Waals surface area contributed by atoms with E-state index < -0.39 is 18.0 Å². The molecule has 1 aliphatic rings. The highest BCUT2D eigenvalue weighted by Gasteiger charge is 2.26. The third-order valence-corrected chi connectivity index (χ3v) is 3.46. The third kappa shape index (κ3) is 3.87. The Balaban J connectivity index is 1.91. The summed E-state index contributed by atoms with van der Waals surface area (Å²) in [7, 11) is 0. The number of hydrogen-bond donors (Lipinski definition) is 3. The summed E-state index contributed by atoms with van der Waals surface area (Å²) in [5, 5.41) is 14.4. The Hall–Kier alpha value is -2.24. The molecule has 6 heteroatoms.